The summed E-state index contributed by atoms with van der Waals surface area (Å²) in [5.41, 5.74) is 2.34. The number of aliphatic carboxylic acids is 1. The van der Waals surface area contributed by atoms with Crippen molar-refractivity contribution in [1.82, 2.24) is 0 Å². The molecule has 0 heterocycles. The van der Waals surface area contributed by atoms with Gasteiger partial charge in [0.2, 0.25) is 5.91 Å². The molecule has 1 amide bonds. The zero-order valence-electron chi connectivity index (χ0n) is 16.3. The molecule has 28 heavy (non-hydrogen) atoms. The molecule has 3 N–H and O–H groups in total. The Labute approximate surface area is 164 Å². The lowest BCUT2D eigenvalue weighted by molar-refractivity contribution is -0.137. The fourth-order valence-electron chi connectivity index (χ4n) is 2.79. The molecule has 2 aromatic rings. The maximum absolute atomic E-state index is 12.4. The monoisotopic (exact) mass is 386 g/mol. The van der Waals surface area contributed by atoms with Crippen LogP contribution in [0.5, 0.6) is 11.5 Å². The molecule has 7 heteroatoms. The van der Waals surface area contributed by atoms with Gasteiger partial charge in [-0.1, -0.05) is 12.1 Å². The highest BCUT2D eigenvalue weighted by atomic mass is 16.5. The Balaban J connectivity index is 1.94. The topological polar surface area (TPSA) is 96.9 Å². The Morgan fingerprint density at radius 2 is 1.89 bits per heavy atom. The zero-order chi connectivity index (χ0) is 20.5. The molecule has 0 saturated carbocycles. The Morgan fingerprint density at radius 3 is 2.57 bits per heavy atom. The van der Waals surface area contributed by atoms with Crippen molar-refractivity contribution in [1.29, 1.82) is 0 Å². The van der Waals surface area contributed by atoms with Crippen molar-refractivity contribution in [2.75, 3.05) is 24.9 Å². The molecule has 1 unspecified atom stereocenters. The van der Waals surface area contributed by atoms with Crippen LogP contribution in [-0.4, -0.2) is 37.2 Å². The lowest BCUT2D eigenvalue weighted by Crippen LogP contribution is -2.24. The third kappa shape index (κ3) is 6.50. The fourth-order valence-corrected chi connectivity index (χ4v) is 2.79. The summed E-state index contributed by atoms with van der Waals surface area (Å²) in [4.78, 5) is 23.1. The Bertz CT molecular complexity index is 822. The molecule has 0 aliphatic rings. The SMILES string of the molecule is COc1ccc(OC)c(NC(=O)CC(C)Nc2cccc(CCC(=O)O)c2)c1. The molecule has 0 fully saturated rings. The van der Waals surface area contributed by atoms with Gasteiger partial charge in [-0.25, -0.2) is 0 Å². The summed E-state index contributed by atoms with van der Waals surface area (Å²) < 4.78 is 10.5. The number of nitrogens with one attached hydrogen (secondary N) is 2. The Morgan fingerprint density at radius 1 is 1.11 bits per heavy atom. The molecule has 1 atom stereocenters. The molecule has 0 radical (unpaired) electrons. The second-order valence-corrected chi connectivity index (χ2v) is 6.46. The van der Waals surface area contributed by atoms with Crippen molar-refractivity contribution in [2.45, 2.75) is 32.2 Å². The Kier molecular flexibility index (Phi) is 7.68. The zero-order valence-corrected chi connectivity index (χ0v) is 16.3. The maximum Gasteiger partial charge on any atom is 0.303 e. The van der Waals surface area contributed by atoms with Crippen LogP contribution in [0.25, 0.3) is 0 Å². The van der Waals surface area contributed by atoms with Crippen LogP contribution in [0.4, 0.5) is 11.4 Å². The van der Waals surface area contributed by atoms with E-state index in [9.17, 15) is 9.59 Å². The number of amides is 1. The van der Waals surface area contributed by atoms with Crippen LogP contribution in [-0.2, 0) is 16.0 Å². The number of benzene rings is 2. The maximum atomic E-state index is 12.4. The summed E-state index contributed by atoms with van der Waals surface area (Å²) in [6.07, 6.45) is 0.804. The van der Waals surface area contributed by atoms with Gasteiger partial charge in [0.25, 0.3) is 0 Å². The number of carbonyl (C=O) groups is 2. The number of carboxylic acid groups (broad SMARTS) is 1. The second kappa shape index (κ2) is 10.2. The van der Waals surface area contributed by atoms with Crippen molar-refractivity contribution >= 4 is 23.3 Å². The van der Waals surface area contributed by atoms with Crippen molar-refractivity contribution in [3.05, 3.63) is 48.0 Å². The van der Waals surface area contributed by atoms with Crippen LogP contribution in [0.2, 0.25) is 0 Å². The van der Waals surface area contributed by atoms with Crippen LogP contribution in [0, 0.1) is 0 Å². The predicted molar refractivity (Wildman–Crippen MR) is 108 cm³/mol. The van der Waals surface area contributed by atoms with E-state index in [1.807, 2.05) is 31.2 Å². The first kappa shape index (κ1) is 21.1. The van der Waals surface area contributed by atoms with E-state index in [1.54, 1.807) is 32.4 Å². The van der Waals surface area contributed by atoms with Crippen LogP contribution in [0.15, 0.2) is 42.5 Å². The van der Waals surface area contributed by atoms with E-state index >= 15 is 0 Å². The molecule has 2 rings (SSSR count). The van der Waals surface area contributed by atoms with Gasteiger partial charge in [-0.05, 0) is 43.2 Å². The quantitative estimate of drug-likeness (QED) is 0.578. The van der Waals surface area contributed by atoms with Gasteiger partial charge < -0.3 is 25.2 Å². The molecule has 0 aliphatic heterocycles. The van der Waals surface area contributed by atoms with Crippen LogP contribution in [0.1, 0.15) is 25.3 Å². The summed E-state index contributed by atoms with van der Waals surface area (Å²) in [6.45, 7) is 1.91. The van der Waals surface area contributed by atoms with Crippen LogP contribution >= 0.6 is 0 Å². The molecule has 0 bridgehead atoms. The standard InChI is InChI=1S/C21H26N2O5/c1-14(22-16-6-4-5-15(12-16)7-10-21(25)26)11-20(24)23-18-13-17(27-2)8-9-19(18)28-3/h4-6,8-9,12-14,22H,7,10-11H2,1-3H3,(H,23,24)(H,25,26). The Hall–Kier alpha value is -3.22. The van der Waals surface area contributed by atoms with E-state index in [-0.39, 0.29) is 24.8 Å². The van der Waals surface area contributed by atoms with Gasteiger partial charge in [0.05, 0.1) is 19.9 Å². The lowest BCUT2D eigenvalue weighted by Gasteiger charge is -2.17. The molecular formula is C21H26N2O5. The number of hydrogen-bond donors (Lipinski definition) is 3. The van der Waals surface area contributed by atoms with Gasteiger partial charge in [-0.15, -0.1) is 0 Å². The number of rotatable bonds is 10. The van der Waals surface area contributed by atoms with Gasteiger partial charge in [-0.2, -0.15) is 0 Å². The van der Waals surface area contributed by atoms with E-state index in [2.05, 4.69) is 10.6 Å². The molecule has 150 valence electrons. The van der Waals surface area contributed by atoms with Crippen molar-refractivity contribution in [3.63, 3.8) is 0 Å². The number of aryl methyl sites for hydroxylation is 1. The summed E-state index contributed by atoms with van der Waals surface area (Å²) in [7, 11) is 3.10. The first-order valence-corrected chi connectivity index (χ1v) is 9.00. The number of hydrogen-bond acceptors (Lipinski definition) is 5. The summed E-state index contributed by atoms with van der Waals surface area (Å²) in [5.74, 6) is 0.200. The van der Waals surface area contributed by atoms with Gasteiger partial charge in [0, 0.05) is 30.6 Å². The van der Waals surface area contributed by atoms with Crippen LogP contribution in [0.3, 0.4) is 0 Å². The van der Waals surface area contributed by atoms with Gasteiger partial charge in [-0.3, -0.25) is 9.59 Å². The average molecular weight is 386 g/mol. The van der Waals surface area contributed by atoms with E-state index in [0.29, 0.717) is 23.6 Å². The van der Waals surface area contributed by atoms with Crippen molar-refractivity contribution in [2.24, 2.45) is 0 Å². The number of anilines is 2. The lowest BCUT2D eigenvalue weighted by atomic mass is 10.1. The first-order valence-electron chi connectivity index (χ1n) is 9.00. The summed E-state index contributed by atoms with van der Waals surface area (Å²) >= 11 is 0. The first-order chi connectivity index (χ1) is 13.4. The molecule has 0 aromatic heterocycles. The van der Waals surface area contributed by atoms with Crippen LogP contribution < -0.4 is 20.1 Å². The fraction of sp³-hybridized carbons (Fsp3) is 0.333. The largest absolute Gasteiger partial charge is 0.497 e. The molecule has 7 nitrogen and oxygen atoms in total. The highest BCUT2D eigenvalue weighted by Gasteiger charge is 2.13. The highest BCUT2D eigenvalue weighted by molar-refractivity contribution is 5.93. The minimum absolute atomic E-state index is 0.0871. The average Bonchev–Trinajstić information content (AvgIpc) is 2.66. The molecule has 0 spiro atoms. The predicted octanol–water partition coefficient (Wildman–Crippen LogP) is 3.55. The minimum Gasteiger partial charge on any atom is -0.497 e. The number of carboxylic acids is 1. The molecular weight excluding hydrogens is 360 g/mol. The summed E-state index contributed by atoms with van der Waals surface area (Å²) in [5, 5.41) is 14.9. The van der Waals surface area contributed by atoms with E-state index in [1.165, 1.54) is 0 Å². The number of ether oxygens (including phenoxy) is 2. The molecule has 0 aliphatic carbocycles. The third-order valence-electron chi connectivity index (χ3n) is 4.14. The van der Waals surface area contributed by atoms with E-state index in [4.69, 9.17) is 14.6 Å². The van der Waals surface area contributed by atoms with E-state index < -0.39 is 5.97 Å². The van der Waals surface area contributed by atoms with Gasteiger partial charge >= 0.3 is 5.97 Å². The molecule has 2 aromatic carbocycles. The van der Waals surface area contributed by atoms with Crippen molar-refractivity contribution < 1.29 is 24.2 Å². The summed E-state index contributed by atoms with van der Waals surface area (Å²) in [6, 6.07) is 12.6. The highest BCUT2D eigenvalue weighted by Crippen LogP contribution is 2.29. The second-order valence-electron chi connectivity index (χ2n) is 6.46. The normalized spacial score (nSPS) is 11.4. The van der Waals surface area contributed by atoms with Gasteiger partial charge in [0.15, 0.2) is 0 Å². The van der Waals surface area contributed by atoms with Gasteiger partial charge in [0.1, 0.15) is 11.5 Å². The minimum atomic E-state index is -0.823. The third-order valence-corrected chi connectivity index (χ3v) is 4.14. The smallest absolute Gasteiger partial charge is 0.303 e. The number of carbonyl (C=O) groups excluding carboxylic acids is 1. The number of methoxy groups -OCH3 is 2. The molecule has 0 saturated heterocycles. The van der Waals surface area contributed by atoms with E-state index in [0.717, 1.165) is 11.3 Å². The van der Waals surface area contributed by atoms with Crippen molar-refractivity contribution in [3.8, 4) is 11.5 Å².